The molecule has 0 fully saturated rings. The van der Waals surface area contributed by atoms with Gasteiger partial charge in [-0.25, -0.2) is 8.78 Å². The number of halogens is 2. The molecule has 0 aliphatic rings. The summed E-state index contributed by atoms with van der Waals surface area (Å²) in [5.41, 5.74) is 3.87. The summed E-state index contributed by atoms with van der Waals surface area (Å²) in [7, 11) is 1.23. The van der Waals surface area contributed by atoms with Crippen molar-refractivity contribution in [3.63, 3.8) is 0 Å². The first-order chi connectivity index (χ1) is 6.06. The predicted octanol–water partition coefficient (Wildman–Crippen LogP) is 0.903. The standard InChI is InChI=1S/C7H8F2N2O2/c1-13-7-5(10)3(6(8)9)2-4(12)11-7/h2,6H,10H2,1H3,(H,11,12). The summed E-state index contributed by atoms with van der Waals surface area (Å²) < 4.78 is 29.1. The Bertz CT molecular complexity index is 362. The molecule has 0 aromatic carbocycles. The second-order valence-electron chi connectivity index (χ2n) is 2.34. The molecule has 1 rings (SSSR count). The maximum absolute atomic E-state index is 12.2. The first kappa shape index (κ1) is 9.50. The van der Waals surface area contributed by atoms with E-state index in [1.54, 1.807) is 0 Å². The highest BCUT2D eigenvalue weighted by Gasteiger charge is 2.15. The zero-order valence-corrected chi connectivity index (χ0v) is 6.80. The molecule has 0 atom stereocenters. The van der Waals surface area contributed by atoms with Crippen LogP contribution in [0.5, 0.6) is 5.88 Å². The van der Waals surface area contributed by atoms with Crippen LogP contribution in [0, 0.1) is 0 Å². The van der Waals surface area contributed by atoms with E-state index in [0.29, 0.717) is 0 Å². The van der Waals surface area contributed by atoms with Crippen LogP contribution in [0.2, 0.25) is 0 Å². The third kappa shape index (κ3) is 1.77. The van der Waals surface area contributed by atoms with Crippen LogP contribution >= 0.6 is 0 Å². The highest BCUT2D eigenvalue weighted by atomic mass is 19.3. The molecule has 0 radical (unpaired) electrons. The monoisotopic (exact) mass is 190 g/mol. The van der Waals surface area contributed by atoms with Crippen LogP contribution < -0.4 is 16.0 Å². The van der Waals surface area contributed by atoms with Crippen LogP contribution in [0.4, 0.5) is 14.5 Å². The van der Waals surface area contributed by atoms with Gasteiger partial charge >= 0.3 is 0 Å². The first-order valence-corrected chi connectivity index (χ1v) is 3.41. The van der Waals surface area contributed by atoms with Crippen molar-refractivity contribution in [3.05, 3.63) is 22.0 Å². The fourth-order valence-corrected chi connectivity index (χ4v) is 0.907. The number of ether oxygens (including phenoxy) is 1. The van der Waals surface area contributed by atoms with Crippen molar-refractivity contribution in [1.82, 2.24) is 4.98 Å². The molecule has 72 valence electrons. The van der Waals surface area contributed by atoms with E-state index in [0.717, 1.165) is 6.07 Å². The van der Waals surface area contributed by atoms with E-state index in [1.807, 2.05) is 0 Å². The molecule has 0 saturated heterocycles. The lowest BCUT2D eigenvalue weighted by molar-refractivity contribution is 0.151. The van der Waals surface area contributed by atoms with Gasteiger partial charge in [-0.3, -0.25) is 9.78 Å². The Hall–Kier alpha value is -1.59. The first-order valence-electron chi connectivity index (χ1n) is 3.41. The fourth-order valence-electron chi connectivity index (χ4n) is 0.907. The van der Waals surface area contributed by atoms with Gasteiger partial charge in [-0.2, -0.15) is 0 Å². The number of hydrogen-bond donors (Lipinski definition) is 2. The summed E-state index contributed by atoms with van der Waals surface area (Å²) in [5, 5.41) is 0. The Kier molecular flexibility index (Phi) is 2.50. The zero-order chi connectivity index (χ0) is 10.0. The third-order valence-electron chi connectivity index (χ3n) is 1.52. The van der Waals surface area contributed by atoms with E-state index in [1.165, 1.54) is 7.11 Å². The molecule has 1 aromatic heterocycles. The summed E-state index contributed by atoms with van der Waals surface area (Å²) in [6.07, 6.45) is -2.78. The molecule has 0 saturated carbocycles. The van der Waals surface area contributed by atoms with Gasteiger partial charge in [0.05, 0.1) is 12.7 Å². The number of aromatic amines is 1. The van der Waals surface area contributed by atoms with Crippen molar-refractivity contribution in [2.24, 2.45) is 0 Å². The van der Waals surface area contributed by atoms with E-state index < -0.39 is 17.5 Å². The minimum absolute atomic E-state index is 0.136. The number of aromatic nitrogens is 1. The van der Waals surface area contributed by atoms with E-state index in [9.17, 15) is 13.6 Å². The van der Waals surface area contributed by atoms with Crippen LogP contribution in [-0.2, 0) is 0 Å². The lowest BCUT2D eigenvalue weighted by Crippen LogP contribution is -2.11. The number of anilines is 1. The van der Waals surface area contributed by atoms with Gasteiger partial charge in [-0.05, 0) is 0 Å². The highest BCUT2D eigenvalue weighted by molar-refractivity contribution is 5.54. The molecule has 0 bridgehead atoms. The number of nitrogens with two attached hydrogens (primary N) is 1. The van der Waals surface area contributed by atoms with Crippen molar-refractivity contribution in [1.29, 1.82) is 0 Å². The lowest BCUT2D eigenvalue weighted by atomic mass is 10.2. The molecule has 0 aliphatic heterocycles. The predicted molar refractivity (Wildman–Crippen MR) is 43.0 cm³/mol. The largest absolute Gasteiger partial charge is 0.481 e. The minimum Gasteiger partial charge on any atom is -0.481 e. The SMILES string of the molecule is COc1[nH]c(=O)cc(C(F)F)c1N. The van der Waals surface area contributed by atoms with Crippen LogP contribution in [0.15, 0.2) is 10.9 Å². The summed E-state index contributed by atoms with van der Waals surface area (Å²) in [5.74, 6) is -0.136. The van der Waals surface area contributed by atoms with Crippen molar-refractivity contribution in [2.45, 2.75) is 6.43 Å². The molecule has 6 heteroatoms. The maximum atomic E-state index is 12.2. The molecule has 0 unspecified atom stereocenters. The Morgan fingerprint density at radius 2 is 2.23 bits per heavy atom. The summed E-state index contributed by atoms with van der Waals surface area (Å²) in [4.78, 5) is 13.0. The van der Waals surface area contributed by atoms with Crippen LogP contribution in [0.3, 0.4) is 0 Å². The van der Waals surface area contributed by atoms with Gasteiger partial charge < -0.3 is 10.5 Å². The normalized spacial score (nSPS) is 10.5. The number of H-pyrrole nitrogens is 1. The second-order valence-corrected chi connectivity index (χ2v) is 2.34. The Morgan fingerprint density at radius 3 is 2.69 bits per heavy atom. The van der Waals surface area contributed by atoms with Crippen molar-refractivity contribution >= 4 is 5.69 Å². The molecule has 0 amide bonds. The number of methoxy groups -OCH3 is 1. The fraction of sp³-hybridized carbons (Fsp3) is 0.286. The van der Waals surface area contributed by atoms with Crippen LogP contribution in [-0.4, -0.2) is 12.1 Å². The van der Waals surface area contributed by atoms with Crippen molar-refractivity contribution in [2.75, 3.05) is 12.8 Å². The number of nitrogens with one attached hydrogen (secondary N) is 1. The number of hydrogen-bond acceptors (Lipinski definition) is 3. The molecule has 3 N–H and O–H groups in total. The van der Waals surface area contributed by atoms with Gasteiger partial charge in [0.1, 0.15) is 5.69 Å². The molecule has 13 heavy (non-hydrogen) atoms. The van der Waals surface area contributed by atoms with Crippen LogP contribution in [0.1, 0.15) is 12.0 Å². The summed E-state index contributed by atoms with van der Waals surface area (Å²) in [6, 6.07) is 0.752. The summed E-state index contributed by atoms with van der Waals surface area (Å²) in [6.45, 7) is 0. The molecule has 4 nitrogen and oxygen atoms in total. The topological polar surface area (TPSA) is 68.1 Å². The lowest BCUT2D eigenvalue weighted by Gasteiger charge is -2.07. The second kappa shape index (κ2) is 3.42. The highest BCUT2D eigenvalue weighted by Crippen LogP contribution is 2.28. The zero-order valence-electron chi connectivity index (χ0n) is 6.80. The van der Waals surface area contributed by atoms with E-state index in [-0.39, 0.29) is 11.6 Å². The van der Waals surface area contributed by atoms with Gasteiger partial charge in [0.2, 0.25) is 5.88 Å². The minimum atomic E-state index is -2.78. The Labute approximate surface area is 72.3 Å². The van der Waals surface area contributed by atoms with E-state index in [4.69, 9.17) is 5.73 Å². The average Bonchev–Trinajstić information content (AvgIpc) is 2.08. The van der Waals surface area contributed by atoms with Crippen molar-refractivity contribution in [3.8, 4) is 5.88 Å². The van der Waals surface area contributed by atoms with Gasteiger partial charge in [0.15, 0.2) is 0 Å². The Balaban J connectivity index is 3.36. The van der Waals surface area contributed by atoms with Crippen LogP contribution in [0.25, 0.3) is 0 Å². The summed E-state index contributed by atoms with van der Waals surface area (Å²) >= 11 is 0. The number of alkyl halides is 2. The smallest absolute Gasteiger partial charge is 0.266 e. The molecule has 0 aliphatic carbocycles. The van der Waals surface area contributed by atoms with Gasteiger partial charge in [-0.1, -0.05) is 0 Å². The Morgan fingerprint density at radius 1 is 1.62 bits per heavy atom. The molecule has 0 spiro atoms. The van der Waals surface area contributed by atoms with Gasteiger partial charge in [-0.15, -0.1) is 0 Å². The number of rotatable bonds is 2. The molecular formula is C7H8F2N2O2. The average molecular weight is 190 g/mol. The third-order valence-corrected chi connectivity index (χ3v) is 1.52. The van der Waals surface area contributed by atoms with Crippen molar-refractivity contribution < 1.29 is 13.5 Å². The number of nitrogen functional groups attached to an aromatic ring is 1. The molecular weight excluding hydrogens is 182 g/mol. The molecule has 1 heterocycles. The van der Waals surface area contributed by atoms with Gasteiger partial charge in [0, 0.05) is 6.07 Å². The van der Waals surface area contributed by atoms with E-state index >= 15 is 0 Å². The van der Waals surface area contributed by atoms with E-state index in [2.05, 4.69) is 9.72 Å². The number of pyridine rings is 1. The quantitative estimate of drug-likeness (QED) is 0.728. The molecule has 1 aromatic rings. The van der Waals surface area contributed by atoms with Gasteiger partial charge in [0.25, 0.3) is 12.0 Å². The maximum Gasteiger partial charge on any atom is 0.266 e.